The van der Waals surface area contributed by atoms with Crippen molar-refractivity contribution in [2.75, 3.05) is 9.80 Å². The SMILES string of the molecule is Cc1ccc(N(c2ccccc2)c2ccc(-c3ccc(N(c4ccccc4)c4ccc(C)cc4)cc3)cc2)cc1.Cc1ccccc1.Cc1ccccc1. The molecule has 0 aliphatic rings. The van der Waals surface area contributed by atoms with Crippen molar-refractivity contribution in [1.29, 1.82) is 0 Å². The topological polar surface area (TPSA) is 6.48 Å². The first-order valence-corrected chi connectivity index (χ1v) is 18.5. The second kappa shape index (κ2) is 18.7. The van der Waals surface area contributed by atoms with Crippen LogP contribution in [0.5, 0.6) is 0 Å². The maximum Gasteiger partial charge on any atom is 0.0462 e. The predicted molar refractivity (Wildman–Crippen MR) is 233 cm³/mol. The highest BCUT2D eigenvalue weighted by Crippen LogP contribution is 2.38. The van der Waals surface area contributed by atoms with Gasteiger partial charge in [-0.25, -0.2) is 0 Å². The summed E-state index contributed by atoms with van der Waals surface area (Å²) in [6, 6.07) is 76.6. The van der Waals surface area contributed by atoms with E-state index in [0.717, 1.165) is 34.1 Å². The average Bonchev–Trinajstić information content (AvgIpc) is 3.22. The average molecular weight is 701 g/mol. The zero-order valence-corrected chi connectivity index (χ0v) is 31.7. The van der Waals surface area contributed by atoms with Gasteiger partial charge in [0.05, 0.1) is 0 Å². The molecule has 0 saturated heterocycles. The molecule has 0 aromatic heterocycles. The molecule has 0 unspecified atom stereocenters. The van der Waals surface area contributed by atoms with Crippen LogP contribution < -0.4 is 9.80 Å². The van der Waals surface area contributed by atoms with E-state index in [1.54, 1.807) is 0 Å². The fraction of sp³-hybridized carbons (Fsp3) is 0.0769. The van der Waals surface area contributed by atoms with Crippen LogP contribution in [0.4, 0.5) is 34.1 Å². The summed E-state index contributed by atoms with van der Waals surface area (Å²) in [7, 11) is 0. The molecule has 0 atom stereocenters. The Morgan fingerprint density at radius 1 is 0.204 bits per heavy atom. The Morgan fingerprint density at radius 2 is 0.407 bits per heavy atom. The highest BCUT2D eigenvalue weighted by atomic mass is 15.1. The third kappa shape index (κ3) is 10.2. The lowest BCUT2D eigenvalue weighted by molar-refractivity contribution is 1.27. The van der Waals surface area contributed by atoms with Crippen molar-refractivity contribution in [2.24, 2.45) is 0 Å². The molecule has 0 amide bonds. The molecule has 0 aliphatic heterocycles. The summed E-state index contributed by atoms with van der Waals surface area (Å²) in [4.78, 5) is 4.59. The van der Waals surface area contributed by atoms with Crippen LogP contribution in [0.15, 0.2) is 218 Å². The summed E-state index contributed by atoms with van der Waals surface area (Å²) in [5.41, 5.74) is 14.4. The minimum Gasteiger partial charge on any atom is -0.311 e. The monoisotopic (exact) mass is 700 g/mol. The second-order valence-corrected chi connectivity index (χ2v) is 13.4. The highest BCUT2D eigenvalue weighted by molar-refractivity contribution is 5.80. The van der Waals surface area contributed by atoms with Gasteiger partial charge in [0, 0.05) is 34.1 Å². The Kier molecular flexibility index (Phi) is 12.9. The number of anilines is 6. The van der Waals surface area contributed by atoms with Gasteiger partial charge in [-0.15, -0.1) is 0 Å². The van der Waals surface area contributed by atoms with E-state index in [-0.39, 0.29) is 0 Å². The van der Waals surface area contributed by atoms with E-state index in [4.69, 9.17) is 0 Å². The predicted octanol–water partition coefficient (Wildman–Crippen LogP) is 14.9. The maximum absolute atomic E-state index is 2.30. The van der Waals surface area contributed by atoms with Gasteiger partial charge in [0.1, 0.15) is 0 Å². The van der Waals surface area contributed by atoms with Crippen LogP contribution in [0.3, 0.4) is 0 Å². The van der Waals surface area contributed by atoms with Gasteiger partial charge < -0.3 is 9.80 Å². The minimum absolute atomic E-state index is 1.13. The van der Waals surface area contributed by atoms with Crippen molar-refractivity contribution in [3.63, 3.8) is 0 Å². The van der Waals surface area contributed by atoms with Gasteiger partial charge in [0.25, 0.3) is 0 Å². The Hall–Kier alpha value is -6.64. The number of benzene rings is 8. The quantitative estimate of drug-likeness (QED) is 0.163. The number of hydrogen-bond donors (Lipinski definition) is 0. The molecule has 8 aromatic rings. The summed E-state index contributed by atoms with van der Waals surface area (Å²) in [5, 5.41) is 0. The molecule has 2 nitrogen and oxygen atoms in total. The third-order valence-corrected chi connectivity index (χ3v) is 9.08. The van der Waals surface area contributed by atoms with Gasteiger partial charge in [-0.3, -0.25) is 0 Å². The van der Waals surface area contributed by atoms with Crippen LogP contribution in [-0.4, -0.2) is 0 Å². The van der Waals surface area contributed by atoms with Gasteiger partial charge in [-0.2, -0.15) is 0 Å². The van der Waals surface area contributed by atoms with Gasteiger partial charge in [-0.05, 0) is 112 Å². The summed E-state index contributed by atoms with van der Waals surface area (Å²) >= 11 is 0. The molecular formula is C52H48N2. The number of nitrogens with zero attached hydrogens (tertiary/aromatic N) is 2. The zero-order chi connectivity index (χ0) is 37.5. The van der Waals surface area contributed by atoms with E-state index >= 15 is 0 Å². The first kappa shape index (κ1) is 37.1. The Morgan fingerprint density at radius 3 is 0.648 bits per heavy atom. The maximum atomic E-state index is 2.30. The van der Waals surface area contributed by atoms with E-state index in [0.29, 0.717) is 0 Å². The molecule has 8 rings (SSSR count). The lowest BCUT2D eigenvalue weighted by Gasteiger charge is -2.26. The summed E-state index contributed by atoms with van der Waals surface area (Å²) < 4.78 is 0. The second-order valence-electron chi connectivity index (χ2n) is 13.4. The number of hydrogen-bond acceptors (Lipinski definition) is 2. The van der Waals surface area contributed by atoms with Crippen molar-refractivity contribution >= 4 is 34.1 Å². The Labute approximate surface area is 322 Å². The third-order valence-electron chi connectivity index (χ3n) is 9.08. The molecule has 0 saturated carbocycles. The van der Waals surface area contributed by atoms with Gasteiger partial charge in [0.2, 0.25) is 0 Å². The fourth-order valence-corrected chi connectivity index (χ4v) is 6.11. The van der Waals surface area contributed by atoms with Crippen molar-refractivity contribution in [1.82, 2.24) is 0 Å². The normalized spacial score (nSPS) is 10.2. The van der Waals surface area contributed by atoms with Gasteiger partial charge in [0.15, 0.2) is 0 Å². The first-order chi connectivity index (χ1) is 26.4. The highest BCUT2D eigenvalue weighted by Gasteiger charge is 2.14. The van der Waals surface area contributed by atoms with Crippen molar-refractivity contribution in [3.05, 3.63) is 241 Å². The van der Waals surface area contributed by atoms with Gasteiger partial charge >= 0.3 is 0 Å². The van der Waals surface area contributed by atoms with Crippen molar-refractivity contribution in [2.45, 2.75) is 27.7 Å². The molecule has 266 valence electrons. The fourth-order valence-electron chi connectivity index (χ4n) is 6.11. The molecule has 0 spiro atoms. The largest absolute Gasteiger partial charge is 0.311 e. The molecule has 54 heavy (non-hydrogen) atoms. The molecule has 0 radical (unpaired) electrons. The molecule has 0 aliphatic carbocycles. The first-order valence-electron chi connectivity index (χ1n) is 18.5. The van der Waals surface area contributed by atoms with E-state index in [1.165, 1.54) is 33.4 Å². The zero-order valence-electron chi connectivity index (χ0n) is 31.7. The summed E-state index contributed by atoms with van der Waals surface area (Å²) in [6.07, 6.45) is 0. The Bertz CT molecular complexity index is 2080. The van der Waals surface area contributed by atoms with Crippen LogP contribution in [0.2, 0.25) is 0 Å². The number of rotatable bonds is 7. The van der Waals surface area contributed by atoms with E-state index in [2.05, 4.69) is 219 Å². The molecule has 0 N–H and O–H groups in total. The molecule has 0 fully saturated rings. The van der Waals surface area contributed by atoms with Crippen molar-refractivity contribution < 1.29 is 0 Å². The van der Waals surface area contributed by atoms with Crippen LogP contribution in [0, 0.1) is 27.7 Å². The minimum atomic E-state index is 1.13. The summed E-state index contributed by atoms with van der Waals surface area (Å²) in [6.45, 7) is 8.41. The Balaban J connectivity index is 0.000000296. The van der Waals surface area contributed by atoms with Crippen molar-refractivity contribution in [3.8, 4) is 11.1 Å². The molecule has 2 heteroatoms. The van der Waals surface area contributed by atoms with Crippen LogP contribution in [0.25, 0.3) is 11.1 Å². The van der Waals surface area contributed by atoms with E-state index in [1.807, 2.05) is 36.4 Å². The van der Waals surface area contributed by atoms with Crippen LogP contribution >= 0.6 is 0 Å². The van der Waals surface area contributed by atoms with E-state index < -0.39 is 0 Å². The van der Waals surface area contributed by atoms with Crippen LogP contribution in [0.1, 0.15) is 22.3 Å². The molecular weight excluding hydrogens is 653 g/mol. The standard InChI is InChI=1S/C38H32N2.2C7H8/c1-29-13-21-35(22-14-29)39(33-9-5-3-6-10-33)37-25-17-31(18-26-37)32-19-27-38(28-20-32)40(34-11-7-4-8-12-34)36-23-15-30(2)16-24-36;2*1-7-5-3-2-4-6-7/h3-28H,1-2H3;2*2-6H,1H3. The lowest BCUT2D eigenvalue weighted by atomic mass is 10.0. The molecule has 0 heterocycles. The van der Waals surface area contributed by atoms with Gasteiger partial charge in [-0.1, -0.05) is 168 Å². The number of para-hydroxylation sites is 2. The lowest BCUT2D eigenvalue weighted by Crippen LogP contribution is -2.10. The molecule has 8 aromatic carbocycles. The van der Waals surface area contributed by atoms with Crippen LogP contribution in [-0.2, 0) is 0 Å². The number of aryl methyl sites for hydroxylation is 4. The van der Waals surface area contributed by atoms with E-state index in [9.17, 15) is 0 Å². The molecule has 0 bridgehead atoms. The smallest absolute Gasteiger partial charge is 0.0462 e. The summed E-state index contributed by atoms with van der Waals surface area (Å²) in [5.74, 6) is 0.